The smallest absolute Gasteiger partial charge is 0.0937 e. The fourth-order valence-corrected chi connectivity index (χ4v) is 3.44. The molecule has 3 rings (SSSR count). The molecule has 1 aromatic carbocycles. The zero-order valence-corrected chi connectivity index (χ0v) is 11.0. The number of allylic oxidation sites excluding steroid dienone is 1. The Balaban J connectivity index is 1.84. The Labute approximate surface area is 110 Å². The average Bonchev–Trinajstić information content (AvgIpc) is 2.65. The molecule has 2 aliphatic carbocycles. The molecule has 18 heavy (non-hydrogen) atoms. The largest absolute Gasteiger partial charge is 0.385 e. The van der Waals surface area contributed by atoms with E-state index in [-0.39, 0.29) is 0 Å². The highest BCUT2D eigenvalue weighted by atomic mass is 16.3. The van der Waals surface area contributed by atoms with Crippen LogP contribution in [0.15, 0.2) is 35.9 Å². The van der Waals surface area contributed by atoms with E-state index in [9.17, 15) is 5.11 Å². The molecule has 0 unspecified atom stereocenters. The lowest BCUT2D eigenvalue weighted by atomic mass is 9.84. The summed E-state index contributed by atoms with van der Waals surface area (Å²) in [6.07, 6.45) is 11.4. The van der Waals surface area contributed by atoms with Crippen LogP contribution in [0, 0.1) is 0 Å². The van der Waals surface area contributed by atoms with Crippen molar-refractivity contribution >= 4 is 0 Å². The van der Waals surface area contributed by atoms with Gasteiger partial charge in [0.2, 0.25) is 0 Å². The SMILES string of the molecule is OC1(/C2=C/CCCCCC2)Cc2ccccc2C1. The summed E-state index contributed by atoms with van der Waals surface area (Å²) in [7, 11) is 0. The number of benzene rings is 1. The summed E-state index contributed by atoms with van der Waals surface area (Å²) >= 11 is 0. The van der Waals surface area contributed by atoms with Gasteiger partial charge in [-0.05, 0) is 42.4 Å². The third-order valence-electron chi connectivity index (χ3n) is 4.47. The lowest BCUT2D eigenvalue weighted by Crippen LogP contribution is -2.32. The van der Waals surface area contributed by atoms with Crippen molar-refractivity contribution in [3.63, 3.8) is 0 Å². The van der Waals surface area contributed by atoms with Gasteiger partial charge in [0.15, 0.2) is 0 Å². The molecule has 1 nitrogen and oxygen atoms in total. The van der Waals surface area contributed by atoms with Crippen LogP contribution in [0.1, 0.15) is 49.7 Å². The molecule has 0 aliphatic heterocycles. The fourth-order valence-electron chi connectivity index (χ4n) is 3.44. The van der Waals surface area contributed by atoms with E-state index >= 15 is 0 Å². The van der Waals surface area contributed by atoms with Gasteiger partial charge in [-0.2, -0.15) is 0 Å². The fraction of sp³-hybridized carbons (Fsp3) is 0.529. The summed E-state index contributed by atoms with van der Waals surface area (Å²) in [6, 6.07) is 8.49. The van der Waals surface area contributed by atoms with E-state index in [1.807, 2.05) is 0 Å². The normalized spacial score (nSPS) is 25.7. The summed E-state index contributed by atoms with van der Waals surface area (Å²) in [6.45, 7) is 0. The van der Waals surface area contributed by atoms with Crippen molar-refractivity contribution < 1.29 is 5.11 Å². The highest BCUT2D eigenvalue weighted by Crippen LogP contribution is 2.38. The number of fused-ring (bicyclic) bond motifs is 1. The highest BCUT2D eigenvalue weighted by molar-refractivity contribution is 5.40. The lowest BCUT2D eigenvalue weighted by Gasteiger charge is -2.27. The van der Waals surface area contributed by atoms with Crippen LogP contribution < -0.4 is 0 Å². The minimum absolute atomic E-state index is 0.582. The molecule has 0 bridgehead atoms. The molecule has 1 aromatic rings. The summed E-state index contributed by atoms with van der Waals surface area (Å²) in [5, 5.41) is 11.0. The van der Waals surface area contributed by atoms with Crippen LogP contribution in [-0.2, 0) is 12.8 Å². The van der Waals surface area contributed by atoms with Gasteiger partial charge in [-0.25, -0.2) is 0 Å². The van der Waals surface area contributed by atoms with Gasteiger partial charge < -0.3 is 5.11 Å². The summed E-state index contributed by atoms with van der Waals surface area (Å²) < 4.78 is 0. The molecule has 0 fully saturated rings. The van der Waals surface area contributed by atoms with Crippen LogP contribution in [-0.4, -0.2) is 10.7 Å². The second-order valence-corrected chi connectivity index (χ2v) is 5.84. The van der Waals surface area contributed by atoms with Gasteiger partial charge in [0.25, 0.3) is 0 Å². The van der Waals surface area contributed by atoms with Crippen molar-refractivity contribution in [1.82, 2.24) is 0 Å². The Kier molecular flexibility index (Phi) is 3.25. The van der Waals surface area contributed by atoms with Gasteiger partial charge in [-0.3, -0.25) is 0 Å². The zero-order chi connectivity index (χ0) is 12.4. The number of rotatable bonds is 1. The predicted molar refractivity (Wildman–Crippen MR) is 74.6 cm³/mol. The van der Waals surface area contributed by atoms with Crippen LogP contribution >= 0.6 is 0 Å². The Bertz CT molecular complexity index is 433. The van der Waals surface area contributed by atoms with Gasteiger partial charge in [0, 0.05) is 12.8 Å². The minimum atomic E-state index is -0.582. The van der Waals surface area contributed by atoms with Gasteiger partial charge in [0.05, 0.1) is 5.60 Å². The van der Waals surface area contributed by atoms with Crippen molar-refractivity contribution in [3.05, 3.63) is 47.0 Å². The summed E-state index contributed by atoms with van der Waals surface area (Å²) in [4.78, 5) is 0. The first-order chi connectivity index (χ1) is 8.78. The Morgan fingerprint density at radius 3 is 2.28 bits per heavy atom. The van der Waals surface area contributed by atoms with E-state index in [1.165, 1.54) is 42.4 Å². The number of aliphatic hydroxyl groups is 1. The monoisotopic (exact) mass is 242 g/mol. The quantitative estimate of drug-likeness (QED) is 0.743. The molecule has 0 saturated heterocycles. The molecule has 0 atom stereocenters. The van der Waals surface area contributed by atoms with Crippen molar-refractivity contribution in [2.45, 2.75) is 57.0 Å². The summed E-state index contributed by atoms with van der Waals surface area (Å²) in [5.41, 5.74) is 3.39. The second kappa shape index (κ2) is 4.89. The molecule has 0 radical (unpaired) electrons. The third kappa shape index (κ3) is 2.24. The van der Waals surface area contributed by atoms with Crippen molar-refractivity contribution in [2.24, 2.45) is 0 Å². The van der Waals surface area contributed by atoms with Crippen molar-refractivity contribution in [2.75, 3.05) is 0 Å². The van der Waals surface area contributed by atoms with Gasteiger partial charge in [-0.15, -0.1) is 0 Å². The van der Waals surface area contributed by atoms with E-state index < -0.39 is 5.60 Å². The third-order valence-corrected chi connectivity index (χ3v) is 4.47. The molecule has 2 aliphatic rings. The number of hydrogen-bond donors (Lipinski definition) is 1. The van der Waals surface area contributed by atoms with E-state index in [4.69, 9.17) is 0 Å². The van der Waals surface area contributed by atoms with E-state index in [2.05, 4.69) is 30.3 Å². The molecule has 1 heteroatoms. The lowest BCUT2D eigenvalue weighted by molar-refractivity contribution is 0.0851. The van der Waals surface area contributed by atoms with Gasteiger partial charge >= 0.3 is 0 Å². The first-order valence-corrected chi connectivity index (χ1v) is 7.27. The second-order valence-electron chi connectivity index (χ2n) is 5.84. The van der Waals surface area contributed by atoms with Gasteiger partial charge in [-0.1, -0.05) is 43.2 Å². The molecule has 0 aromatic heterocycles. The van der Waals surface area contributed by atoms with Crippen LogP contribution in [0.25, 0.3) is 0 Å². The molecule has 96 valence electrons. The van der Waals surface area contributed by atoms with Gasteiger partial charge in [0.1, 0.15) is 0 Å². The summed E-state index contributed by atoms with van der Waals surface area (Å²) in [5.74, 6) is 0. The molecular weight excluding hydrogens is 220 g/mol. The molecule has 0 heterocycles. The maximum Gasteiger partial charge on any atom is 0.0937 e. The first-order valence-electron chi connectivity index (χ1n) is 7.27. The van der Waals surface area contributed by atoms with Crippen molar-refractivity contribution in [1.29, 1.82) is 0 Å². The Hall–Kier alpha value is -1.08. The highest BCUT2D eigenvalue weighted by Gasteiger charge is 2.37. The molecule has 0 amide bonds. The number of hydrogen-bond acceptors (Lipinski definition) is 1. The van der Waals surface area contributed by atoms with Crippen LogP contribution in [0.4, 0.5) is 0 Å². The maximum absolute atomic E-state index is 11.0. The van der Waals surface area contributed by atoms with Crippen LogP contribution in [0.3, 0.4) is 0 Å². The van der Waals surface area contributed by atoms with Crippen LogP contribution in [0.2, 0.25) is 0 Å². The molecule has 0 spiro atoms. The molecule has 1 N–H and O–H groups in total. The molecular formula is C17H22O. The average molecular weight is 242 g/mol. The van der Waals surface area contributed by atoms with Crippen molar-refractivity contribution in [3.8, 4) is 0 Å². The minimum Gasteiger partial charge on any atom is -0.385 e. The van der Waals surface area contributed by atoms with E-state index in [0.29, 0.717) is 0 Å². The maximum atomic E-state index is 11.0. The van der Waals surface area contributed by atoms with E-state index in [0.717, 1.165) is 25.7 Å². The molecule has 0 saturated carbocycles. The Morgan fingerprint density at radius 2 is 1.56 bits per heavy atom. The van der Waals surface area contributed by atoms with E-state index in [1.54, 1.807) is 0 Å². The Morgan fingerprint density at radius 1 is 0.889 bits per heavy atom. The topological polar surface area (TPSA) is 20.2 Å². The zero-order valence-electron chi connectivity index (χ0n) is 11.0. The predicted octanol–water partition coefficient (Wildman–Crippen LogP) is 3.80. The first kappa shape index (κ1) is 12.0. The standard InChI is InChI=1S/C17H22O/c18-17(16-10-4-2-1-3-5-11-16)12-14-8-6-7-9-15(14)13-17/h6-10,18H,1-5,11-13H2/b16-10+. The van der Waals surface area contributed by atoms with Crippen LogP contribution in [0.5, 0.6) is 0 Å².